The van der Waals surface area contributed by atoms with Crippen LogP contribution in [0.25, 0.3) is 11.0 Å². The first-order valence-corrected chi connectivity index (χ1v) is 8.00. The lowest BCUT2D eigenvalue weighted by Crippen LogP contribution is -2.36. The predicted molar refractivity (Wildman–Crippen MR) is 102 cm³/mol. The lowest BCUT2D eigenvalue weighted by Gasteiger charge is -2.19. The number of rotatable bonds is 4. The number of imide groups is 1. The van der Waals surface area contributed by atoms with Crippen LogP contribution in [0, 0.1) is 11.3 Å². The maximum absolute atomic E-state index is 12.7. The van der Waals surface area contributed by atoms with Gasteiger partial charge < -0.3 is 16.0 Å². The van der Waals surface area contributed by atoms with E-state index < -0.39 is 11.8 Å². The number of nitrogens with two attached hydrogens (primary N) is 1. The van der Waals surface area contributed by atoms with Crippen LogP contribution in [0.15, 0.2) is 60.6 Å². The molecule has 0 aliphatic heterocycles. The van der Waals surface area contributed by atoms with Gasteiger partial charge in [-0.15, -0.1) is 0 Å². The first-order valence-electron chi connectivity index (χ1n) is 8.00. The van der Waals surface area contributed by atoms with Crippen LogP contribution < -0.4 is 16.0 Å². The van der Waals surface area contributed by atoms with Crippen molar-refractivity contribution in [3.8, 4) is 6.07 Å². The van der Waals surface area contributed by atoms with Gasteiger partial charge in [0, 0.05) is 24.5 Å². The molecule has 2 amide bonds. The van der Waals surface area contributed by atoms with Gasteiger partial charge in [0.1, 0.15) is 11.6 Å². The SMILES string of the molecule is CC(=O)N(C(=O)/C(C#N)=C\Nc1ccc2nc[nH]c2c1)c1ccc(N)cc1. The standard InChI is InChI=1S/C19H16N6O2/c1-12(26)25(16-5-2-14(21)3-6-16)19(27)13(9-20)10-22-15-4-7-17-18(8-15)24-11-23-17/h2-8,10-11,22H,21H2,1H3,(H,23,24)/b13-10-. The number of carbonyl (C=O) groups excluding carboxylic acids is 2. The highest BCUT2D eigenvalue weighted by atomic mass is 16.2. The van der Waals surface area contributed by atoms with Gasteiger partial charge in [-0.25, -0.2) is 9.88 Å². The molecule has 0 fully saturated rings. The normalized spacial score (nSPS) is 11.0. The topological polar surface area (TPSA) is 128 Å². The van der Waals surface area contributed by atoms with Crippen molar-refractivity contribution in [3.63, 3.8) is 0 Å². The van der Waals surface area contributed by atoms with Crippen LogP contribution in [0.4, 0.5) is 17.1 Å². The minimum atomic E-state index is -0.732. The van der Waals surface area contributed by atoms with E-state index in [-0.39, 0.29) is 5.57 Å². The molecule has 1 aromatic heterocycles. The number of H-pyrrole nitrogens is 1. The highest BCUT2D eigenvalue weighted by Crippen LogP contribution is 2.20. The van der Waals surface area contributed by atoms with Gasteiger partial charge >= 0.3 is 0 Å². The summed E-state index contributed by atoms with van der Waals surface area (Å²) in [6.07, 6.45) is 2.85. The third kappa shape index (κ3) is 3.77. The number of nitrogens with one attached hydrogen (secondary N) is 2. The van der Waals surface area contributed by atoms with Crippen LogP contribution in [-0.4, -0.2) is 21.8 Å². The molecule has 134 valence electrons. The second kappa shape index (κ2) is 7.41. The Labute approximate surface area is 154 Å². The first-order chi connectivity index (χ1) is 13.0. The zero-order valence-corrected chi connectivity index (χ0v) is 14.4. The van der Waals surface area contributed by atoms with Crippen molar-refractivity contribution in [2.45, 2.75) is 6.92 Å². The first kappa shape index (κ1) is 17.7. The van der Waals surface area contributed by atoms with Crippen LogP contribution in [-0.2, 0) is 9.59 Å². The van der Waals surface area contributed by atoms with Crippen molar-refractivity contribution in [3.05, 3.63) is 60.6 Å². The Kier molecular flexibility index (Phi) is 4.86. The van der Waals surface area contributed by atoms with E-state index in [4.69, 9.17) is 5.73 Å². The van der Waals surface area contributed by atoms with Gasteiger partial charge in [-0.2, -0.15) is 5.26 Å². The van der Waals surface area contributed by atoms with E-state index in [0.717, 1.165) is 15.9 Å². The molecule has 27 heavy (non-hydrogen) atoms. The smallest absolute Gasteiger partial charge is 0.277 e. The van der Waals surface area contributed by atoms with Crippen molar-refractivity contribution >= 4 is 39.9 Å². The number of imidazole rings is 1. The zero-order chi connectivity index (χ0) is 19.4. The second-order valence-electron chi connectivity index (χ2n) is 5.70. The summed E-state index contributed by atoms with van der Waals surface area (Å²) in [5.74, 6) is -1.24. The summed E-state index contributed by atoms with van der Waals surface area (Å²) in [4.78, 5) is 32.7. The van der Waals surface area contributed by atoms with Crippen LogP contribution in [0.1, 0.15) is 6.92 Å². The van der Waals surface area contributed by atoms with E-state index in [1.807, 2.05) is 6.07 Å². The summed E-state index contributed by atoms with van der Waals surface area (Å²) in [5, 5.41) is 12.3. The summed E-state index contributed by atoms with van der Waals surface area (Å²) < 4.78 is 0. The van der Waals surface area contributed by atoms with E-state index in [0.29, 0.717) is 17.1 Å². The number of hydrogen-bond donors (Lipinski definition) is 3. The van der Waals surface area contributed by atoms with E-state index in [1.54, 1.807) is 48.8 Å². The van der Waals surface area contributed by atoms with E-state index >= 15 is 0 Å². The Morgan fingerprint density at radius 1 is 1.26 bits per heavy atom. The zero-order valence-electron chi connectivity index (χ0n) is 14.4. The molecule has 0 aliphatic carbocycles. The molecule has 0 spiro atoms. The molecule has 3 rings (SSSR count). The van der Waals surface area contributed by atoms with Crippen LogP contribution in [0.5, 0.6) is 0 Å². The van der Waals surface area contributed by atoms with Gasteiger partial charge in [0.2, 0.25) is 5.91 Å². The third-order valence-corrected chi connectivity index (χ3v) is 3.82. The minimum absolute atomic E-state index is 0.216. The number of amides is 2. The molecule has 0 saturated carbocycles. The molecule has 0 radical (unpaired) electrons. The monoisotopic (exact) mass is 360 g/mol. The fourth-order valence-electron chi connectivity index (χ4n) is 2.51. The molecule has 0 aliphatic rings. The van der Waals surface area contributed by atoms with Crippen molar-refractivity contribution in [2.24, 2.45) is 0 Å². The number of nitrogen functional groups attached to an aromatic ring is 1. The fraction of sp³-hybridized carbons (Fsp3) is 0.0526. The number of anilines is 3. The largest absolute Gasteiger partial charge is 0.399 e. The molecule has 0 atom stereocenters. The molecule has 0 saturated heterocycles. The fourth-order valence-corrected chi connectivity index (χ4v) is 2.51. The Morgan fingerprint density at radius 3 is 2.67 bits per heavy atom. The van der Waals surface area contributed by atoms with E-state index in [1.165, 1.54) is 13.1 Å². The number of benzene rings is 2. The molecule has 0 bridgehead atoms. The van der Waals surface area contributed by atoms with Gasteiger partial charge in [-0.1, -0.05) is 0 Å². The molecular formula is C19H16N6O2. The molecule has 8 heteroatoms. The molecule has 0 unspecified atom stereocenters. The summed E-state index contributed by atoms with van der Waals surface area (Å²) in [5.41, 5.74) is 8.53. The number of fused-ring (bicyclic) bond motifs is 1. The molecule has 1 heterocycles. The molecule has 2 aromatic carbocycles. The maximum Gasteiger partial charge on any atom is 0.277 e. The van der Waals surface area contributed by atoms with Crippen molar-refractivity contribution in [1.29, 1.82) is 5.26 Å². The number of hydrogen-bond acceptors (Lipinski definition) is 6. The minimum Gasteiger partial charge on any atom is -0.399 e. The Hall–Kier alpha value is -4.12. The molecule has 4 N–H and O–H groups in total. The average Bonchev–Trinajstić information content (AvgIpc) is 3.11. The van der Waals surface area contributed by atoms with Gasteiger partial charge in [0.05, 0.1) is 23.0 Å². The number of aromatic amines is 1. The average molecular weight is 360 g/mol. The van der Waals surface area contributed by atoms with Crippen LogP contribution >= 0.6 is 0 Å². The summed E-state index contributed by atoms with van der Waals surface area (Å²) in [6, 6.07) is 13.4. The Balaban J connectivity index is 1.86. The summed E-state index contributed by atoms with van der Waals surface area (Å²) in [7, 11) is 0. The number of aromatic nitrogens is 2. The van der Waals surface area contributed by atoms with Crippen LogP contribution in [0.3, 0.4) is 0 Å². The maximum atomic E-state index is 12.7. The number of nitriles is 1. The Bertz CT molecular complexity index is 1080. The lowest BCUT2D eigenvalue weighted by atomic mass is 10.2. The van der Waals surface area contributed by atoms with Crippen molar-refractivity contribution in [2.75, 3.05) is 16.0 Å². The predicted octanol–water partition coefficient (Wildman–Crippen LogP) is 2.54. The van der Waals surface area contributed by atoms with Crippen molar-refractivity contribution in [1.82, 2.24) is 9.97 Å². The second-order valence-corrected chi connectivity index (χ2v) is 5.70. The van der Waals surface area contributed by atoms with Gasteiger partial charge in [-0.3, -0.25) is 9.59 Å². The molecular weight excluding hydrogens is 344 g/mol. The van der Waals surface area contributed by atoms with E-state index in [9.17, 15) is 14.9 Å². The third-order valence-electron chi connectivity index (χ3n) is 3.82. The molecule has 8 nitrogen and oxygen atoms in total. The van der Waals surface area contributed by atoms with Gasteiger partial charge in [-0.05, 0) is 42.5 Å². The highest BCUT2D eigenvalue weighted by Gasteiger charge is 2.23. The number of carbonyl (C=O) groups is 2. The van der Waals surface area contributed by atoms with Gasteiger partial charge in [0.25, 0.3) is 5.91 Å². The van der Waals surface area contributed by atoms with Crippen molar-refractivity contribution < 1.29 is 9.59 Å². The quantitative estimate of drug-likeness (QED) is 0.373. The Morgan fingerprint density at radius 2 is 2.00 bits per heavy atom. The van der Waals surface area contributed by atoms with Crippen LogP contribution in [0.2, 0.25) is 0 Å². The summed E-state index contributed by atoms with van der Waals surface area (Å²) in [6.45, 7) is 1.25. The lowest BCUT2D eigenvalue weighted by molar-refractivity contribution is -0.123. The van der Waals surface area contributed by atoms with Gasteiger partial charge in [0.15, 0.2) is 0 Å². The van der Waals surface area contributed by atoms with E-state index in [2.05, 4.69) is 15.3 Å². The highest BCUT2D eigenvalue weighted by molar-refractivity contribution is 6.21. The molecule has 3 aromatic rings. The summed E-state index contributed by atoms with van der Waals surface area (Å²) >= 11 is 0. The number of nitrogens with zero attached hydrogens (tertiary/aromatic N) is 3.